The SMILES string of the molecule is CCOC(=O)CN(CCOCCO)C1CC1. The lowest BCUT2D eigenvalue weighted by molar-refractivity contribution is -0.144. The Labute approximate surface area is 96.3 Å². The van der Waals surface area contributed by atoms with Gasteiger partial charge < -0.3 is 14.6 Å². The highest BCUT2D eigenvalue weighted by atomic mass is 16.5. The van der Waals surface area contributed by atoms with Crippen LogP contribution in [0.25, 0.3) is 0 Å². The molecule has 0 radical (unpaired) electrons. The van der Waals surface area contributed by atoms with Crippen molar-refractivity contribution in [1.82, 2.24) is 4.90 Å². The van der Waals surface area contributed by atoms with Crippen LogP contribution >= 0.6 is 0 Å². The Kier molecular flexibility index (Phi) is 6.37. The molecule has 0 aromatic heterocycles. The fourth-order valence-electron chi connectivity index (χ4n) is 1.55. The van der Waals surface area contributed by atoms with Gasteiger partial charge in [-0.2, -0.15) is 0 Å². The van der Waals surface area contributed by atoms with Gasteiger partial charge in [-0.3, -0.25) is 9.69 Å². The molecule has 1 rings (SSSR count). The summed E-state index contributed by atoms with van der Waals surface area (Å²) in [6.07, 6.45) is 2.30. The van der Waals surface area contributed by atoms with Gasteiger partial charge in [-0.25, -0.2) is 0 Å². The molecular weight excluding hydrogens is 210 g/mol. The first-order valence-electron chi connectivity index (χ1n) is 5.86. The molecule has 0 amide bonds. The molecule has 0 unspecified atom stereocenters. The molecule has 5 heteroatoms. The molecule has 1 saturated carbocycles. The first-order valence-corrected chi connectivity index (χ1v) is 5.86. The molecule has 16 heavy (non-hydrogen) atoms. The topological polar surface area (TPSA) is 59.0 Å². The van der Waals surface area contributed by atoms with Crippen LogP contribution in [-0.2, 0) is 14.3 Å². The van der Waals surface area contributed by atoms with E-state index in [0.29, 0.717) is 32.4 Å². The van der Waals surface area contributed by atoms with E-state index in [-0.39, 0.29) is 12.6 Å². The predicted octanol–water partition coefficient (Wildman–Crippen LogP) is 0.0228. The van der Waals surface area contributed by atoms with Crippen molar-refractivity contribution in [2.45, 2.75) is 25.8 Å². The van der Waals surface area contributed by atoms with E-state index in [1.807, 2.05) is 6.92 Å². The van der Waals surface area contributed by atoms with Gasteiger partial charge in [0.2, 0.25) is 0 Å². The summed E-state index contributed by atoms with van der Waals surface area (Å²) in [7, 11) is 0. The Hall–Kier alpha value is -0.650. The quantitative estimate of drug-likeness (QED) is 0.448. The van der Waals surface area contributed by atoms with E-state index < -0.39 is 0 Å². The minimum atomic E-state index is -0.170. The monoisotopic (exact) mass is 231 g/mol. The minimum absolute atomic E-state index is 0.0430. The zero-order valence-electron chi connectivity index (χ0n) is 9.85. The number of aliphatic hydroxyl groups excluding tert-OH is 1. The second-order valence-electron chi connectivity index (χ2n) is 3.84. The molecule has 0 aromatic carbocycles. The molecule has 1 aliphatic carbocycles. The van der Waals surface area contributed by atoms with E-state index >= 15 is 0 Å². The number of aliphatic hydroxyl groups is 1. The normalized spacial score (nSPS) is 15.4. The molecule has 0 spiro atoms. The average molecular weight is 231 g/mol. The maximum Gasteiger partial charge on any atom is 0.320 e. The van der Waals surface area contributed by atoms with Crippen molar-refractivity contribution in [3.63, 3.8) is 0 Å². The van der Waals surface area contributed by atoms with Gasteiger partial charge in [0, 0.05) is 12.6 Å². The first kappa shape index (κ1) is 13.4. The van der Waals surface area contributed by atoms with E-state index in [4.69, 9.17) is 14.6 Å². The van der Waals surface area contributed by atoms with Crippen LogP contribution in [0.2, 0.25) is 0 Å². The molecule has 1 aliphatic rings. The van der Waals surface area contributed by atoms with Crippen LogP contribution in [0.1, 0.15) is 19.8 Å². The second kappa shape index (κ2) is 7.60. The van der Waals surface area contributed by atoms with Crippen molar-refractivity contribution >= 4 is 5.97 Å². The highest BCUT2D eigenvalue weighted by molar-refractivity contribution is 5.71. The third-order valence-electron chi connectivity index (χ3n) is 2.46. The van der Waals surface area contributed by atoms with Gasteiger partial charge in [-0.15, -0.1) is 0 Å². The number of rotatable bonds is 9. The Morgan fingerprint density at radius 2 is 2.19 bits per heavy atom. The summed E-state index contributed by atoms with van der Waals surface area (Å²) in [4.78, 5) is 13.4. The van der Waals surface area contributed by atoms with Gasteiger partial charge in [-0.1, -0.05) is 0 Å². The van der Waals surface area contributed by atoms with E-state index in [1.165, 1.54) is 0 Å². The number of hydrogen-bond donors (Lipinski definition) is 1. The zero-order valence-corrected chi connectivity index (χ0v) is 9.85. The molecule has 0 bridgehead atoms. The van der Waals surface area contributed by atoms with Gasteiger partial charge in [0.05, 0.1) is 33.0 Å². The number of esters is 1. The van der Waals surface area contributed by atoms with Gasteiger partial charge in [0.1, 0.15) is 0 Å². The molecular formula is C11H21NO4. The van der Waals surface area contributed by atoms with Crippen molar-refractivity contribution in [3.8, 4) is 0 Å². The molecule has 1 N–H and O–H groups in total. The van der Waals surface area contributed by atoms with Crippen LogP contribution in [-0.4, -0.2) is 61.5 Å². The maximum absolute atomic E-state index is 11.3. The summed E-state index contributed by atoms with van der Waals surface area (Å²) in [6, 6.07) is 0.516. The first-order chi connectivity index (χ1) is 7.77. The van der Waals surface area contributed by atoms with Crippen LogP contribution in [0.3, 0.4) is 0 Å². The number of ether oxygens (including phenoxy) is 2. The van der Waals surface area contributed by atoms with Crippen molar-refractivity contribution in [1.29, 1.82) is 0 Å². The molecule has 0 aromatic rings. The summed E-state index contributed by atoms with van der Waals surface area (Å²) in [5.41, 5.74) is 0. The predicted molar refractivity (Wildman–Crippen MR) is 59.1 cm³/mol. The third-order valence-corrected chi connectivity index (χ3v) is 2.46. The average Bonchev–Trinajstić information content (AvgIpc) is 3.06. The van der Waals surface area contributed by atoms with Crippen molar-refractivity contribution < 1.29 is 19.4 Å². The largest absolute Gasteiger partial charge is 0.465 e. The maximum atomic E-state index is 11.3. The lowest BCUT2D eigenvalue weighted by Crippen LogP contribution is -2.35. The number of carbonyl (C=O) groups is 1. The van der Waals surface area contributed by atoms with Crippen LogP contribution in [0.15, 0.2) is 0 Å². The van der Waals surface area contributed by atoms with Crippen molar-refractivity contribution in [3.05, 3.63) is 0 Å². The smallest absolute Gasteiger partial charge is 0.320 e. The van der Waals surface area contributed by atoms with Crippen molar-refractivity contribution in [2.24, 2.45) is 0 Å². The lowest BCUT2D eigenvalue weighted by atomic mass is 10.4. The fourth-order valence-corrected chi connectivity index (χ4v) is 1.55. The number of hydrogen-bond acceptors (Lipinski definition) is 5. The van der Waals surface area contributed by atoms with Crippen LogP contribution in [0.4, 0.5) is 0 Å². The van der Waals surface area contributed by atoms with E-state index in [1.54, 1.807) is 0 Å². The van der Waals surface area contributed by atoms with Gasteiger partial charge in [-0.05, 0) is 19.8 Å². The fraction of sp³-hybridized carbons (Fsp3) is 0.909. The Bertz CT molecular complexity index is 206. The Morgan fingerprint density at radius 1 is 1.44 bits per heavy atom. The molecule has 0 atom stereocenters. The van der Waals surface area contributed by atoms with Gasteiger partial charge in [0.15, 0.2) is 0 Å². The highest BCUT2D eigenvalue weighted by Gasteiger charge is 2.30. The van der Waals surface area contributed by atoms with Crippen LogP contribution in [0, 0.1) is 0 Å². The third kappa shape index (κ3) is 5.44. The lowest BCUT2D eigenvalue weighted by Gasteiger charge is -2.20. The van der Waals surface area contributed by atoms with E-state index in [0.717, 1.165) is 19.4 Å². The summed E-state index contributed by atoms with van der Waals surface area (Å²) < 4.78 is 10.1. The Balaban J connectivity index is 2.17. The number of carbonyl (C=O) groups excluding carboxylic acids is 1. The molecule has 0 saturated heterocycles. The van der Waals surface area contributed by atoms with Crippen molar-refractivity contribution in [2.75, 3.05) is 39.5 Å². The van der Waals surface area contributed by atoms with Crippen LogP contribution in [0.5, 0.6) is 0 Å². The Morgan fingerprint density at radius 3 is 2.75 bits per heavy atom. The standard InChI is InChI=1S/C11H21NO4/c1-2-16-11(14)9-12(10-3-4-10)5-7-15-8-6-13/h10,13H,2-9H2,1H3. The number of nitrogens with zero attached hydrogens (tertiary/aromatic N) is 1. The summed E-state index contributed by atoms with van der Waals surface area (Å²) in [5.74, 6) is -0.170. The molecule has 0 heterocycles. The highest BCUT2D eigenvalue weighted by Crippen LogP contribution is 2.26. The molecule has 1 fully saturated rings. The van der Waals surface area contributed by atoms with Gasteiger partial charge in [0.25, 0.3) is 0 Å². The van der Waals surface area contributed by atoms with Gasteiger partial charge >= 0.3 is 5.97 Å². The summed E-state index contributed by atoms with van der Waals surface area (Å²) >= 11 is 0. The minimum Gasteiger partial charge on any atom is -0.465 e. The van der Waals surface area contributed by atoms with Crippen LogP contribution < -0.4 is 0 Å². The zero-order chi connectivity index (χ0) is 11.8. The summed E-state index contributed by atoms with van der Waals surface area (Å²) in [5, 5.41) is 8.56. The molecule has 5 nitrogen and oxygen atoms in total. The second-order valence-corrected chi connectivity index (χ2v) is 3.84. The molecule has 94 valence electrons. The van der Waals surface area contributed by atoms with E-state index in [9.17, 15) is 4.79 Å². The summed E-state index contributed by atoms with van der Waals surface area (Å²) in [6.45, 7) is 4.27. The van der Waals surface area contributed by atoms with E-state index in [2.05, 4.69) is 4.90 Å². The molecule has 0 aliphatic heterocycles.